The molecule has 1 amide bonds. The Balaban J connectivity index is 1.00. The van der Waals surface area contributed by atoms with Crippen molar-refractivity contribution in [3.8, 4) is 0 Å². The average molecular weight is 740 g/mol. The Morgan fingerprint density at radius 1 is 1.00 bits per heavy atom. The lowest BCUT2D eigenvalue weighted by Crippen LogP contribution is -2.65. The van der Waals surface area contributed by atoms with Crippen molar-refractivity contribution in [3.63, 3.8) is 0 Å². The summed E-state index contributed by atoms with van der Waals surface area (Å²) in [6.07, 6.45) is 11.8. The molecule has 0 N–H and O–H groups in total. The predicted molar refractivity (Wildman–Crippen MR) is 190 cm³/mol. The number of aromatic nitrogens is 4. The molecule has 6 rings (SSSR count). The molecule has 1 aliphatic carbocycles. The largest absolute Gasteiger partial charge is 0.444 e. The van der Waals surface area contributed by atoms with Crippen LogP contribution in [0.4, 0.5) is 17.6 Å². The Hall–Kier alpha value is -4.12. The van der Waals surface area contributed by atoms with Gasteiger partial charge in [-0.25, -0.2) is 25.9 Å². The van der Waals surface area contributed by atoms with E-state index in [0.29, 0.717) is 44.8 Å². The molecule has 53 heavy (non-hydrogen) atoms. The van der Waals surface area contributed by atoms with E-state index < -0.39 is 29.2 Å². The van der Waals surface area contributed by atoms with E-state index in [1.54, 1.807) is 6.33 Å². The fourth-order valence-electron chi connectivity index (χ4n) is 8.76. The van der Waals surface area contributed by atoms with Gasteiger partial charge in [-0.3, -0.25) is 19.1 Å². The van der Waals surface area contributed by atoms with Crippen LogP contribution >= 0.6 is 0 Å². The molecule has 0 radical (unpaired) electrons. The lowest BCUT2D eigenvalue weighted by Gasteiger charge is -2.55. The van der Waals surface area contributed by atoms with Crippen LogP contribution in [0.5, 0.6) is 0 Å². The Morgan fingerprint density at radius 2 is 1.74 bits per heavy atom. The second-order valence-corrected chi connectivity index (χ2v) is 15.1. The monoisotopic (exact) mass is 739 g/mol. The van der Waals surface area contributed by atoms with Gasteiger partial charge in [0.05, 0.1) is 16.7 Å². The molecule has 2 saturated heterocycles. The molecule has 2 unspecified atom stereocenters. The standard InChI is InChI=1S/C39H49F4N7O3/c1-3-4-5-6-7-8-9-10-32(51)53-26-49-20-16-31-34(46-25-47-36(31)49)27-11-12-28(21-27)38(22-44-2)23-50(24-38)29-14-18-48(19-15-29)37(52)30-13-17-45-35(33(30)40)39(41,42)43/h13,16-17,20,25,27-29H,3-12,14-15,18-19,21-24,26H2,1H3. The second kappa shape index (κ2) is 16.9. The lowest BCUT2D eigenvalue weighted by molar-refractivity contribution is -0.147. The number of esters is 1. The number of carbonyl (C=O) groups excluding carboxylic acids is 2. The number of fused-ring (bicyclic) bond motifs is 1. The number of carbonyl (C=O) groups is 2. The van der Waals surface area contributed by atoms with E-state index in [1.807, 2.05) is 16.8 Å². The fourth-order valence-corrected chi connectivity index (χ4v) is 8.76. The molecule has 3 aromatic rings. The second-order valence-electron chi connectivity index (χ2n) is 15.1. The van der Waals surface area contributed by atoms with Crippen LogP contribution in [0, 0.1) is 23.7 Å². The van der Waals surface area contributed by atoms with Crippen molar-refractivity contribution in [2.24, 2.45) is 11.3 Å². The van der Waals surface area contributed by atoms with E-state index >= 15 is 0 Å². The summed E-state index contributed by atoms with van der Waals surface area (Å²) in [5.41, 5.74) is -0.704. The molecule has 0 aromatic carbocycles. The maximum absolute atomic E-state index is 14.6. The molecule has 14 heteroatoms. The summed E-state index contributed by atoms with van der Waals surface area (Å²) in [6, 6.07) is 3.17. The third-order valence-corrected chi connectivity index (χ3v) is 11.7. The van der Waals surface area contributed by atoms with Crippen molar-refractivity contribution in [1.82, 2.24) is 29.3 Å². The van der Waals surface area contributed by atoms with Crippen molar-refractivity contribution in [2.75, 3.05) is 32.7 Å². The SMILES string of the molecule is [C-]#[N+]CC1(C2CCC(c3ncnc4c3ccn4COC(=O)CCCCCCCCC)C2)CN(C2CCN(C(=O)c3ccnc(C(F)(F)F)c3F)CC2)C1. The number of unbranched alkanes of at least 4 members (excludes halogenated alkanes) is 6. The molecule has 5 heterocycles. The Kier molecular flexibility index (Phi) is 12.3. The topological polar surface area (TPSA) is 97.8 Å². The Labute approximate surface area is 308 Å². The quantitative estimate of drug-likeness (QED) is 0.0674. The Bertz CT molecular complexity index is 1780. The zero-order valence-electron chi connectivity index (χ0n) is 30.4. The highest BCUT2D eigenvalue weighted by molar-refractivity contribution is 5.94. The minimum Gasteiger partial charge on any atom is -0.444 e. The van der Waals surface area contributed by atoms with Crippen LogP contribution in [-0.4, -0.2) is 80.0 Å². The van der Waals surface area contributed by atoms with E-state index in [2.05, 4.69) is 26.6 Å². The minimum atomic E-state index is -4.99. The molecule has 3 fully saturated rings. The molecule has 2 aliphatic heterocycles. The van der Waals surface area contributed by atoms with Gasteiger partial charge >= 0.3 is 12.1 Å². The number of alkyl halides is 3. The van der Waals surface area contributed by atoms with E-state index in [9.17, 15) is 27.2 Å². The molecule has 2 atom stereocenters. The van der Waals surface area contributed by atoms with Crippen LogP contribution < -0.4 is 0 Å². The van der Waals surface area contributed by atoms with Crippen LogP contribution in [0.15, 0.2) is 30.9 Å². The number of ether oxygens (including phenoxy) is 1. The minimum absolute atomic E-state index is 0.110. The van der Waals surface area contributed by atoms with Crippen molar-refractivity contribution in [1.29, 1.82) is 0 Å². The highest BCUT2D eigenvalue weighted by atomic mass is 19.4. The normalized spacial score (nSPS) is 20.7. The maximum Gasteiger partial charge on any atom is 0.436 e. The number of rotatable bonds is 15. The van der Waals surface area contributed by atoms with Gasteiger partial charge in [-0.15, -0.1) is 0 Å². The number of pyridine rings is 1. The summed E-state index contributed by atoms with van der Waals surface area (Å²) in [5.74, 6) is -2.03. The third-order valence-electron chi connectivity index (χ3n) is 11.7. The molecule has 286 valence electrons. The van der Waals surface area contributed by atoms with Crippen molar-refractivity contribution in [3.05, 3.63) is 65.0 Å². The fraction of sp³-hybridized carbons (Fsp3) is 0.641. The number of piperidine rings is 1. The average Bonchev–Trinajstić information content (AvgIpc) is 3.79. The Morgan fingerprint density at radius 3 is 2.45 bits per heavy atom. The molecule has 10 nitrogen and oxygen atoms in total. The van der Waals surface area contributed by atoms with Crippen LogP contribution in [0.25, 0.3) is 15.9 Å². The summed E-state index contributed by atoms with van der Waals surface area (Å²) in [5, 5.41) is 0.957. The molecule has 0 spiro atoms. The highest BCUT2D eigenvalue weighted by Gasteiger charge is 2.55. The summed E-state index contributed by atoms with van der Waals surface area (Å²) >= 11 is 0. The van der Waals surface area contributed by atoms with E-state index in [4.69, 9.17) is 16.3 Å². The number of amides is 1. The van der Waals surface area contributed by atoms with Crippen molar-refractivity contribution >= 4 is 22.9 Å². The predicted octanol–water partition coefficient (Wildman–Crippen LogP) is 8.04. The summed E-state index contributed by atoms with van der Waals surface area (Å²) < 4.78 is 61.5. The van der Waals surface area contributed by atoms with Crippen LogP contribution in [-0.2, 0) is 22.4 Å². The van der Waals surface area contributed by atoms with Gasteiger partial charge in [-0.05, 0) is 56.6 Å². The lowest BCUT2D eigenvalue weighted by atomic mass is 9.67. The first-order valence-corrected chi connectivity index (χ1v) is 19.1. The number of hydrogen-bond acceptors (Lipinski definition) is 7. The van der Waals surface area contributed by atoms with Gasteiger partial charge in [0, 0.05) is 62.3 Å². The molecule has 1 saturated carbocycles. The number of halogens is 4. The number of likely N-dealkylation sites (tertiary alicyclic amines) is 2. The van der Waals surface area contributed by atoms with E-state index in [0.717, 1.165) is 80.6 Å². The van der Waals surface area contributed by atoms with E-state index in [1.165, 1.54) is 30.6 Å². The number of hydrogen-bond donors (Lipinski definition) is 0. The van der Waals surface area contributed by atoms with Crippen molar-refractivity contribution < 1.29 is 31.9 Å². The van der Waals surface area contributed by atoms with Gasteiger partial charge in [0.1, 0.15) is 12.0 Å². The molecule has 3 aromatic heterocycles. The van der Waals surface area contributed by atoms with Gasteiger partial charge in [0.15, 0.2) is 18.2 Å². The van der Waals surface area contributed by atoms with Gasteiger partial charge < -0.3 is 14.5 Å². The highest BCUT2D eigenvalue weighted by Crippen LogP contribution is 2.52. The van der Waals surface area contributed by atoms with E-state index in [-0.39, 0.29) is 30.1 Å². The van der Waals surface area contributed by atoms with Gasteiger partial charge in [-0.2, -0.15) is 13.2 Å². The van der Waals surface area contributed by atoms with Crippen molar-refractivity contribution in [2.45, 2.75) is 115 Å². The van der Waals surface area contributed by atoms with Gasteiger partial charge in [-0.1, -0.05) is 45.4 Å². The molecule has 0 bridgehead atoms. The smallest absolute Gasteiger partial charge is 0.436 e. The van der Waals surface area contributed by atoms with Crippen LogP contribution in [0.3, 0.4) is 0 Å². The summed E-state index contributed by atoms with van der Waals surface area (Å²) in [7, 11) is 0. The van der Waals surface area contributed by atoms with Crippen LogP contribution in [0.1, 0.15) is 118 Å². The first-order valence-electron chi connectivity index (χ1n) is 19.1. The molecular formula is C39H49F4N7O3. The molecule has 3 aliphatic rings. The zero-order chi connectivity index (χ0) is 37.6. The maximum atomic E-state index is 14.6. The number of nitrogens with zero attached hydrogens (tertiary/aromatic N) is 7. The van der Waals surface area contributed by atoms with Gasteiger partial charge in [0.2, 0.25) is 6.54 Å². The van der Waals surface area contributed by atoms with Crippen LogP contribution in [0.2, 0.25) is 0 Å². The molecular weight excluding hydrogens is 690 g/mol. The first kappa shape index (κ1) is 38.6. The summed E-state index contributed by atoms with van der Waals surface area (Å²) in [4.78, 5) is 45.4. The van der Waals surface area contributed by atoms with Gasteiger partial charge in [0.25, 0.3) is 5.91 Å². The first-order chi connectivity index (χ1) is 25.5. The third kappa shape index (κ3) is 8.66. The summed E-state index contributed by atoms with van der Waals surface area (Å²) in [6.45, 7) is 12.7. The zero-order valence-corrected chi connectivity index (χ0v) is 30.4.